The summed E-state index contributed by atoms with van der Waals surface area (Å²) < 4.78 is 2.18. The SMILES string of the molecule is CCc1cc(CN2CCC(C3CCCN3)CC2)n(CC)n1. The van der Waals surface area contributed by atoms with Gasteiger partial charge in [0.2, 0.25) is 0 Å². The predicted molar refractivity (Wildman–Crippen MR) is 86.3 cm³/mol. The number of nitrogens with zero attached hydrogens (tertiary/aromatic N) is 3. The molecule has 0 saturated carbocycles. The van der Waals surface area contributed by atoms with Gasteiger partial charge in [-0.05, 0) is 70.6 Å². The molecule has 3 rings (SSSR count). The van der Waals surface area contributed by atoms with Gasteiger partial charge in [-0.15, -0.1) is 0 Å². The first-order chi connectivity index (χ1) is 10.3. The van der Waals surface area contributed by atoms with Gasteiger partial charge in [0.1, 0.15) is 0 Å². The number of nitrogens with one attached hydrogen (secondary N) is 1. The summed E-state index contributed by atoms with van der Waals surface area (Å²) in [6.07, 6.45) is 6.53. The molecule has 1 aromatic rings. The van der Waals surface area contributed by atoms with Gasteiger partial charge in [0, 0.05) is 19.1 Å². The molecule has 21 heavy (non-hydrogen) atoms. The van der Waals surface area contributed by atoms with E-state index in [1.165, 1.54) is 56.7 Å². The maximum absolute atomic E-state index is 4.67. The normalized spacial score (nSPS) is 24.8. The molecule has 4 heteroatoms. The molecule has 1 N–H and O–H groups in total. The number of hydrogen-bond donors (Lipinski definition) is 1. The summed E-state index contributed by atoms with van der Waals surface area (Å²) in [6.45, 7) is 10.2. The molecule has 0 aromatic carbocycles. The van der Waals surface area contributed by atoms with Crippen molar-refractivity contribution in [3.63, 3.8) is 0 Å². The highest BCUT2D eigenvalue weighted by atomic mass is 15.3. The standard InChI is InChI=1S/C17H30N4/c1-3-15-12-16(21(4-2)19-15)13-20-10-7-14(8-11-20)17-6-5-9-18-17/h12,14,17-18H,3-11,13H2,1-2H3. The van der Waals surface area contributed by atoms with Gasteiger partial charge in [0.25, 0.3) is 0 Å². The summed E-state index contributed by atoms with van der Waals surface area (Å²) in [5.41, 5.74) is 2.63. The molecule has 0 amide bonds. The Morgan fingerprint density at radius 1 is 1.24 bits per heavy atom. The number of piperidine rings is 1. The zero-order valence-corrected chi connectivity index (χ0v) is 13.6. The molecule has 2 saturated heterocycles. The second-order valence-electron chi connectivity index (χ2n) is 6.61. The van der Waals surface area contributed by atoms with Crippen molar-refractivity contribution in [3.05, 3.63) is 17.5 Å². The van der Waals surface area contributed by atoms with E-state index in [9.17, 15) is 0 Å². The molecule has 1 unspecified atom stereocenters. The lowest BCUT2D eigenvalue weighted by Crippen LogP contribution is -2.40. The maximum Gasteiger partial charge on any atom is 0.0625 e. The Bertz CT molecular complexity index is 440. The summed E-state index contributed by atoms with van der Waals surface area (Å²) >= 11 is 0. The molecule has 2 aliphatic heterocycles. The average Bonchev–Trinajstić information content (AvgIpc) is 3.17. The van der Waals surface area contributed by atoms with Gasteiger partial charge >= 0.3 is 0 Å². The summed E-state index contributed by atoms with van der Waals surface area (Å²) in [5, 5.41) is 8.36. The predicted octanol–water partition coefficient (Wildman–Crippen LogP) is 2.43. The van der Waals surface area contributed by atoms with Gasteiger partial charge in [0.15, 0.2) is 0 Å². The molecular weight excluding hydrogens is 260 g/mol. The largest absolute Gasteiger partial charge is 0.314 e. The van der Waals surface area contributed by atoms with Crippen LogP contribution in [0.25, 0.3) is 0 Å². The highest BCUT2D eigenvalue weighted by molar-refractivity contribution is 5.10. The molecule has 1 aromatic heterocycles. The van der Waals surface area contributed by atoms with Crippen LogP contribution in [0, 0.1) is 5.92 Å². The lowest BCUT2D eigenvalue weighted by atomic mass is 9.88. The molecule has 3 heterocycles. The van der Waals surface area contributed by atoms with Gasteiger partial charge in [0.05, 0.1) is 11.4 Å². The third kappa shape index (κ3) is 3.49. The minimum Gasteiger partial charge on any atom is -0.314 e. The molecule has 0 aliphatic carbocycles. The molecule has 4 nitrogen and oxygen atoms in total. The highest BCUT2D eigenvalue weighted by Crippen LogP contribution is 2.26. The van der Waals surface area contributed by atoms with E-state index in [1.54, 1.807) is 0 Å². The molecule has 2 fully saturated rings. The number of aryl methyl sites for hydroxylation is 2. The fourth-order valence-electron chi connectivity index (χ4n) is 3.95. The van der Waals surface area contributed by atoms with Gasteiger partial charge in [-0.25, -0.2) is 0 Å². The van der Waals surface area contributed by atoms with Gasteiger partial charge < -0.3 is 5.32 Å². The number of aromatic nitrogens is 2. The van der Waals surface area contributed by atoms with E-state index in [1.807, 2.05) is 0 Å². The van der Waals surface area contributed by atoms with E-state index < -0.39 is 0 Å². The van der Waals surface area contributed by atoms with Crippen LogP contribution < -0.4 is 5.32 Å². The third-order valence-corrected chi connectivity index (χ3v) is 5.26. The fourth-order valence-corrected chi connectivity index (χ4v) is 3.95. The van der Waals surface area contributed by atoms with Crippen LogP contribution in [0.2, 0.25) is 0 Å². The molecule has 1 atom stereocenters. The van der Waals surface area contributed by atoms with Crippen molar-refractivity contribution in [1.29, 1.82) is 0 Å². The van der Waals surface area contributed by atoms with E-state index in [4.69, 9.17) is 0 Å². The summed E-state index contributed by atoms with van der Waals surface area (Å²) in [7, 11) is 0. The number of rotatable bonds is 5. The summed E-state index contributed by atoms with van der Waals surface area (Å²) in [6, 6.07) is 3.11. The van der Waals surface area contributed by atoms with Crippen molar-refractivity contribution in [2.24, 2.45) is 5.92 Å². The van der Waals surface area contributed by atoms with Crippen molar-refractivity contribution in [1.82, 2.24) is 20.0 Å². The third-order valence-electron chi connectivity index (χ3n) is 5.26. The Labute approximate surface area is 128 Å². The second kappa shape index (κ2) is 6.93. The van der Waals surface area contributed by atoms with Crippen LogP contribution in [-0.2, 0) is 19.5 Å². The van der Waals surface area contributed by atoms with E-state index in [-0.39, 0.29) is 0 Å². The van der Waals surface area contributed by atoms with Crippen LogP contribution in [0.4, 0.5) is 0 Å². The fraction of sp³-hybridized carbons (Fsp3) is 0.824. The Balaban J connectivity index is 1.54. The summed E-state index contributed by atoms with van der Waals surface area (Å²) in [4.78, 5) is 2.62. The summed E-state index contributed by atoms with van der Waals surface area (Å²) in [5.74, 6) is 0.908. The van der Waals surface area contributed by atoms with Crippen LogP contribution in [0.3, 0.4) is 0 Å². The van der Waals surface area contributed by atoms with Crippen molar-refractivity contribution in [2.45, 2.75) is 65.1 Å². The van der Waals surface area contributed by atoms with E-state index in [2.05, 4.69) is 39.9 Å². The van der Waals surface area contributed by atoms with Crippen molar-refractivity contribution >= 4 is 0 Å². The van der Waals surface area contributed by atoms with Crippen LogP contribution in [0.5, 0.6) is 0 Å². The van der Waals surface area contributed by atoms with E-state index in [0.29, 0.717) is 0 Å². The topological polar surface area (TPSA) is 33.1 Å². The minimum absolute atomic E-state index is 0.806. The Morgan fingerprint density at radius 3 is 2.67 bits per heavy atom. The van der Waals surface area contributed by atoms with Crippen molar-refractivity contribution < 1.29 is 0 Å². The first-order valence-electron chi connectivity index (χ1n) is 8.81. The zero-order chi connectivity index (χ0) is 14.7. The lowest BCUT2D eigenvalue weighted by molar-refractivity contribution is 0.154. The first-order valence-corrected chi connectivity index (χ1v) is 8.81. The quantitative estimate of drug-likeness (QED) is 0.904. The molecular formula is C17H30N4. The van der Waals surface area contributed by atoms with Crippen molar-refractivity contribution in [3.8, 4) is 0 Å². The van der Waals surface area contributed by atoms with Gasteiger partial charge in [-0.3, -0.25) is 9.58 Å². The average molecular weight is 290 g/mol. The van der Waals surface area contributed by atoms with Gasteiger partial charge in [-0.2, -0.15) is 5.10 Å². The molecule has 2 aliphatic rings. The Morgan fingerprint density at radius 2 is 2.05 bits per heavy atom. The highest BCUT2D eigenvalue weighted by Gasteiger charge is 2.28. The van der Waals surface area contributed by atoms with E-state index in [0.717, 1.165) is 31.5 Å². The molecule has 0 bridgehead atoms. The van der Waals surface area contributed by atoms with Crippen LogP contribution in [0.1, 0.15) is 50.9 Å². The first kappa shape index (κ1) is 15.0. The molecule has 0 radical (unpaired) electrons. The maximum atomic E-state index is 4.67. The Kier molecular flexibility index (Phi) is 4.96. The van der Waals surface area contributed by atoms with Crippen molar-refractivity contribution in [2.75, 3.05) is 19.6 Å². The lowest BCUT2D eigenvalue weighted by Gasteiger charge is -2.34. The Hall–Kier alpha value is -0.870. The number of hydrogen-bond acceptors (Lipinski definition) is 3. The smallest absolute Gasteiger partial charge is 0.0625 e. The number of likely N-dealkylation sites (tertiary alicyclic amines) is 1. The van der Waals surface area contributed by atoms with Gasteiger partial charge in [-0.1, -0.05) is 6.92 Å². The van der Waals surface area contributed by atoms with E-state index >= 15 is 0 Å². The van der Waals surface area contributed by atoms with Crippen LogP contribution in [-0.4, -0.2) is 40.4 Å². The second-order valence-corrected chi connectivity index (χ2v) is 6.61. The van der Waals surface area contributed by atoms with Crippen LogP contribution in [0.15, 0.2) is 6.07 Å². The monoisotopic (exact) mass is 290 g/mol. The van der Waals surface area contributed by atoms with Crippen LogP contribution >= 0.6 is 0 Å². The zero-order valence-electron chi connectivity index (χ0n) is 13.6. The minimum atomic E-state index is 0.806. The molecule has 0 spiro atoms. The molecule has 118 valence electrons.